The fraction of sp³-hybridized carbons (Fsp3) is 0.286. The summed E-state index contributed by atoms with van der Waals surface area (Å²) in [6.07, 6.45) is 0. The lowest BCUT2D eigenvalue weighted by atomic mass is 10.4. The van der Waals surface area contributed by atoms with Crippen molar-refractivity contribution in [2.75, 3.05) is 0 Å². The van der Waals surface area contributed by atoms with Crippen LogP contribution >= 0.6 is 0 Å². The Balaban J connectivity index is 3.03. The topological polar surface area (TPSA) is 83.8 Å². The van der Waals surface area contributed by atoms with Gasteiger partial charge in [0.2, 0.25) is 0 Å². The van der Waals surface area contributed by atoms with Gasteiger partial charge >= 0.3 is 5.69 Å². The first-order valence-corrected chi connectivity index (χ1v) is 3.75. The number of nitrogens with one attached hydrogen (secondary N) is 1. The van der Waals surface area contributed by atoms with Gasteiger partial charge in [-0.1, -0.05) is 0 Å². The summed E-state index contributed by atoms with van der Waals surface area (Å²) in [7, 11) is 0. The summed E-state index contributed by atoms with van der Waals surface area (Å²) in [6, 6.07) is 0. The molecule has 0 unspecified atom stereocenters. The van der Waals surface area contributed by atoms with Crippen molar-refractivity contribution in [2.45, 2.75) is 13.8 Å². The molecule has 0 bridgehead atoms. The highest BCUT2D eigenvalue weighted by molar-refractivity contribution is 5.72. The van der Waals surface area contributed by atoms with E-state index in [1.807, 2.05) is 0 Å². The Morgan fingerprint density at radius 2 is 2.08 bits per heavy atom. The van der Waals surface area contributed by atoms with E-state index in [0.717, 1.165) is 0 Å². The molecule has 13 heavy (non-hydrogen) atoms. The molecule has 68 valence electrons. The zero-order valence-corrected chi connectivity index (χ0v) is 7.20. The highest BCUT2D eigenvalue weighted by Gasteiger charge is 2.10. The van der Waals surface area contributed by atoms with Crippen molar-refractivity contribution in [1.29, 1.82) is 0 Å². The van der Waals surface area contributed by atoms with Gasteiger partial charge in [-0.15, -0.1) is 4.73 Å². The Kier molecular flexibility index (Phi) is 1.39. The monoisotopic (exact) mass is 180 g/mol. The van der Waals surface area contributed by atoms with Gasteiger partial charge in [0.1, 0.15) is 11.3 Å². The molecule has 0 saturated carbocycles. The number of imidazole rings is 1. The number of hydrogen-bond acceptors (Lipinski definition) is 4. The predicted molar refractivity (Wildman–Crippen MR) is 44.8 cm³/mol. The Bertz CT molecular complexity index is 525. The van der Waals surface area contributed by atoms with Crippen LogP contribution in [-0.4, -0.2) is 24.9 Å². The Morgan fingerprint density at radius 1 is 1.38 bits per heavy atom. The standard InChI is InChI=1S/C7H8N4O2/c1-3-5-6(9-4(2)8-3)10-7(12)11(5)13/h13H,1-2H3,(H,8,9,10,12). The number of H-pyrrole nitrogens is 1. The molecular weight excluding hydrogens is 172 g/mol. The normalized spacial score (nSPS) is 10.9. The number of aryl methyl sites for hydroxylation is 2. The highest BCUT2D eigenvalue weighted by atomic mass is 16.5. The molecule has 2 rings (SSSR count). The van der Waals surface area contributed by atoms with E-state index in [-0.39, 0.29) is 0 Å². The molecule has 2 N–H and O–H groups in total. The van der Waals surface area contributed by atoms with E-state index >= 15 is 0 Å². The molecule has 0 saturated heterocycles. The van der Waals surface area contributed by atoms with Crippen LogP contribution in [0.15, 0.2) is 4.79 Å². The average molecular weight is 180 g/mol. The first kappa shape index (κ1) is 7.78. The summed E-state index contributed by atoms with van der Waals surface area (Å²) in [5, 5.41) is 9.26. The smallest absolute Gasteiger partial charge is 0.360 e. The van der Waals surface area contributed by atoms with Gasteiger partial charge in [0, 0.05) is 0 Å². The number of nitrogens with zero attached hydrogens (tertiary/aromatic N) is 3. The van der Waals surface area contributed by atoms with Crippen molar-refractivity contribution >= 4 is 11.2 Å². The number of hydrogen-bond donors (Lipinski definition) is 2. The van der Waals surface area contributed by atoms with Crippen molar-refractivity contribution in [3.63, 3.8) is 0 Å². The second kappa shape index (κ2) is 2.32. The molecular formula is C7H8N4O2. The van der Waals surface area contributed by atoms with Crippen LogP contribution in [0.25, 0.3) is 11.2 Å². The first-order valence-electron chi connectivity index (χ1n) is 3.75. The van der Waals surface area contributed by atoms with Gasteiger partial charge in [0.15, 0.2) is 5.65 Å². The minimum Gasteiger partial charge on any atom is -0.423 e. The maximum absolute atomic E-state index is 11.0. The van der Waals surface area contributed by atoms with Crippen molar-refractivity contribution in [3.05, 3.63) is 22.0 Å². The minimum absolute atomic E-state index is 0.329. The van der Waals surface area contributed by atoms with Crippen molar-refractivity contribution < 1.29 is 5.21 Å². The molecule has 0 amide bonds. The van der Waals surface area contributed by atoms with Gasteiger partial charge in [0.25, 0.3) is 0 Å². The van der Waals surface area contributed by atoms with Crippen LogP contribution in [-0.2, 0) is 0 Å². The van der Waals surface area contributed by atoms with Crippen LogP contribution in [0.2, 0.25) is 0 Å². The lowest BCUT2D eigenvalue weighted by Crippen LogP contribution is -2.13. The molecule has 2 heterocycles. The van der Waals surface area contributed by atoms with E-state index < -0.39 is 5.69 Å². The molecule has 0 atom stereocenters. The molecule has 0 aliphatic rings. The fourth-order valence-electron chi connectivity index (χ4n) is 1.30. The van der Waals surface area contributed by atoms with Crippen molar-refractivity contribution in [1.82, 2.24) is 19.7 Å². The number of fused-ring (bicyclic) bond motifs is 1. The molecule has 2 aromatic rings. The van der Waals surface area contributed by atoms with E-state index in [4.69, 9.17) is 0 Å². The maximum atomic E-state index is 11.0. The third-order valence-electron chi connectivity index (χ3n) is 1.80. The van der Waals surface area contributed by atoms with Gasteiger partial charge in [-0.2, -0.15) is 0 Å². The van der Waals surface area contributed by atoms with Gasteiger partial charge in [-0.05, 0) is 13.8 Å². The summed E-state index contributed by atoms with van der Waals surface area (Å²) < 4.78 is 0.518. The van der Waals surface area contributed by atoms with Gasteiger partial charge in [0.05, 0.1) is 5.69 Å². The molecule has 6 heteroatoms. The number of rotatable bonds is 0. The van der Waals surface area contributed by atoms with E-state index in [1.165, 1.54) is 0 Å². The molecule has 2 aromatic heterocycles. The quantitative estimate of drug-likeness (QED) is 0.558. The van der Waals surface area contributed by atoms with E-state index in [9.17, 15) is 10.0 Å². The second-order valence-corrected chi connectivity index (χ2v) is 2.80. The molecule has 0 radical (unpaired) electrons. The van der Waals surface area contributed by atoms with Gasteiger partial charge < -0.3 is 5.21 Å². The number of aromatic amines is 1. The molecule has 0 fully saturated rings. The summed E-state index contributed by atoms with van der Waals surface area (Å²) in [5.41, 5.74) is 0.662. The maximum Gasteiger partial charge on any atom is 0.360 e. The molecule has 0 aliphatic carbocycles. The van der Waals surface area contributed by atoms with Crippen molar-refractivity contribution in [3.8, 4) is 0 Å². The van der Waals surface area contributed by atoms with E-state index in [1.54, 1.807) is 13.8 Å². The lowest BCUT2D eigenvalue weighted by Gasteiger charge is -1.97. The Morgan fingerprint density at radius 3 is 2.77 bits per heavy atom. The summed E-state index contributed by atoms with van der Waals surface area (Å²) >= 11 is 0. The molecule has 0 aromatic carbocycles. The van der Waals surface area contributed by atoms with Crippen LogP contribution in [0.5, 0.6) is 0 Å². The van der Waals surface area contributed by atoms with Gasteiger partial charge in [-0.25, -0.2) is 14.8 Å². The summed E-state index contributed by atoms with van der Waals surface area (Å²) in [5.74, 6) is 0.562. The zero-order valence-electron chi connectivity index (χ0n) is 7.20. The minimum atomic E-state index is -0.599. The Labute approximate surface area is 72.8 Å². The van der Waals surface area contributed by atoms with Crippen LogP contribution in [0.1, 0.15) is 11.5 Å². The van der Waals surface area contributed by atoms with Crippen LogP contribution in [0.3, 0.4) is 0 Å². The van der Waals surface area contributed by atoms with Gasteiger partial charge in [-0.3, -0.25) is 4.98 Å². The zero-order chi connectivity index (χ0) is 9.59. The fourth-order valence-corrected chi connectivity index (χ4v) is 1.30. The average Bonchev–Trinajstić information content (AvgIpc) is 2.27. The second-order valence-electron chi connectivity index (χ2n) is 2.80. The third-order valence-corrected chi connectivity index (χ3v) is 1.80. The van der Waals surface area contributed by atoms with Crippen molar-refractivity contribution in [2.24, 2.45) is 0 Å². The first-order chi connectivity index (χ1) is 6.09. The van der Waals surface area contributed by atoms with Crippen LogP contribution in [0.4, 0.5) is 0 Å². The predicted octanol–water partition coefficient (Wildman–Crippen LogP) is -0.0263. The molecule has 0 spiro atoms. The van der Waals surface area contributed by atoms with Crippen LogP contribution < -0.4 is 5.69 Å². The summed E-state index contributed by atoms with van der Waals surface area (Å²) in [6.45, 7) is 3.43. The van der Waals surface area contributed by atoms with E-state index in [0.29, 0.717) is 27.4 Å². The Hall–Kier alpha value is -1.85. The highest BCUT2D eigenvalue weighted by Crippen LogP contribution is 2.09. The summed E-state index contributed by atoms with van der Waals surface area (Å²) in [4.78, 5) is 21.4. The lowest BCUT2D eigenvalue weighted by molar-refractivity contribution is 0.187. The molecule has 0 aliphatic heterocycles. The molecule has 6 nitrogen and oxygen atoms in total. The SMILES string of the molecule is Cc1nc(C)c2c(n1)[nH]c(=O)n2O. The van der Waals surface area contributed by atoms with Crippen LogP contribution in [0, 0.1) is 13.8 Å². The number of aromatic nitrogens is 4. The third kappa shape index (κ3) is 0.986. The largest absolute Gasteiger partial charge is 0.423 e. The van der Waals surface area contributed by atoms with E-state index in [2.05, 4.69) is 15.0 Å².